The molecule has 0 saturated carbocycles. The predicted octanol–water partition coefficient (Wildman–Crippen LogP) is 7.10. The van der Waals surface area contributed by atoms with Gasteiger partial charge in [-0.2, -0.15) is 0 Å². The second-order valence-corrected chi connectivity index (χ2v) is 10.4. The SMILES string of the molecule is CC(C)COc1ccccc1Sc1ccc2[nH]cc(C3=CCN(CC(C)C)CC3)c2c1. The molecule has 0 fully saturated rings. The molecule has 0 amide bonds. The Morgan fingerprint density at radius 3 is 2.65 bits per heavy atom. The van der Waals surface area contributed by atoms with Crippen LogP contribution in [0.5, 0.6) is 5.75 Å². The zero-order valence-corrected chi connectivity index (χ0v) is 20.0. The molecule has 0 radical (unpaired) electrons. The number of hydrogen-bond donors (Lipinski definition) is 1. The Morgan fingerprint density at radius 1 is 1.06 bits per heavy atom. The Hall–Kier alpha value is -2.17. The van der Waals surface area contributed by atoms with Gasteiger partial charge < -0.3 is 9.72 Å². The minimum absolute atomic E-state index is 0.511. The maximum Gasteiger partial charge on any atom is 0.133 e. The van der Waals surface area contributed by atoms with Crippen LogP contribution in [0.3, 0.4) is 0 Å². The van der Waals surface area contributed by atoms with Gasteiger partial charge in [-0.3, -0.25) is 4.90 Å². The molecule has 2 heterocycles. The Kier molecular flexibility index (Phi) is 7.09. The van der Waals surface area contributed by atoms with Gasteiger partial charge in [0, 0.05) is 47.2 Å². The second kappa shape index (κ2) is 9.97. The summed E-state index contributed by atoms with van der Waals surface area (Å²) >= 11 is 1.78. The molecule has 0 atom stereocenters. The van der Waals surface area contributed by atoms with Crippen molar-refractivity contribution >= 4 is 28.2 Å². The lowest BCUT2D eigenvalue weighted by molar-refractivity contribution is 0.265. The molecule has 164 valence electrons. The van der Waals surface area contributed by atoms with Crippen molar-refractivity contribution in [3.63, 3.8) is 0 Å². The maximum absolute atomic E-state index is 6.06. The summed E-state index contributed by atoms with van der Waals surface area (Å²) in [6.45, 7) is 13.1. The molecule has 0 bridgehead atoms. The van der Waals surface area contributed by atoms with Crippen molar-refractivity contribution in [1.82, 2.24) is 9.88 Å². The third kappa shape index (κ3) is 5.55. The van der Waals surface area contributed by atoms with E-state index in [1.807, 2.05) is 6.07 Å². The van der Waals surface area contributed by atoms with E-state index in [-0.39, 0.29) is 0 Å². The normalized spacial score (nSPS) is 15.1. The fourth-order valence-electron chi connectivity index (χ4n) is 4.10. The Morgan fingerprint density at radius 2 is 1.90 bits per heavy atom. The summed E-state index contributed by atoms with van der Waals surface area (Å²) in [4.78, 5) is 8.44. The van der Waals surface area contributed by atoms with Gasteiger partial charge in [0.05, 0.1) is 11.5 Å². The third-order valence-electron chi connectivity index (χ3n) is 5.56. The highest BCUT2D eigenvalue weighted by Crippen LogP contribution is 2.38. The number of benzene rings is 2. The topological polar surface area (TPSA) is 28.3 Å². The molecule has 3 aromatic rings. The number of H-pyrrole nitrogens is 1. The Bertz CT molecular complexity index is 1050. The number of nitrogens with one attached hydrogen (secondary N) is 1. The molecule has 1 aliphatic rings. The van der Waals surface area contributed by atoms with Crippen LogP contribution in [-0.2, 0) is 0 Å². The van der Waals surface area contributed by atoms with Gasteiger partial charge in [0.15, 0.2) is 0 Å². The quantitative estimate of drug-likeness (QED) is 0.410. The fraction of sp³-hybridized carbons (Fsp3) is 0.407. The molecular formula is C27H34N2OS. The first-order chi connectivity index (χ1) is 15.0. The molecule has 0 aliphatic carbocycles. The Balaban J connectivity index is 1.55. The van der Waals surface area contributed by atoms with E-state index in [4.69, 9.17) is 4.74 Å². The number of ether oxygens (including phenoxy) is 1. The van der Waals surface area contributed by atoms with Crippen molar-refractivity contribution in [2.75, 3.05) is 26.2 Å². The zero-order valence-electron chi connectivity index (χ0n) is 19.2. The highest BCUT2D eigenvalue weighted by Gasteiger charge is 2.17. The van der Waals surface area contributed by atoms with Crippen LogP contribution in [0.4, 0.5) is 0 Å². The molecule has 31 heavy (non-hydrogen) atoms. The van der Waals surface area contributed by atoms with E-state index in [9.17, 15) is 0 Å². The number of aromatic amines is 1. The summed E-state index contributed by atoms with van der Waals surface area (Å²) in [5.74, 6) is 2.20. The largest absolute Gasteiger partial charge is 0.492 e. The van der Waals surface area contributed by atoms with Crippen LogP contribution < -0.4 is 4.74 Å². The van der Waals surface area contributed by atoms with Gasteiger partial charge in [0.1, 0.15) is 5.75 Å². The molecule has 0 spiro atoms. The minimum Gasteiger partial charge on any atom is -0.492 e. The average molecular weight is 435 g/mol. The number of rotatable bonds is 8. The average Bonchev–Trinajstić information content (AvgIpc) is 3.16. The lowest BCUT2D eigenvalue weighted by Crippen LogP contribution is -2.31. The molecule has 4 rings (SSSR count). The van der Waals surface area contributed by atoms with Crippen molar-refractivity contribution in [2.24, 2.45) is 11.8 Å². The van der Waals surface area contributed by atoms with Gasteiger partial charge in [-0.25, -0.2) is 0 Å². The second-order valence-electron chi connectivity index (χ2n) is 9.30. The van der Waals surface area contributed by atoms with Crippen LogP contribution in [0, 0.1) is 11.8 Å². The van der Waals surface area contributed by atoms with Crippen LogP contribution in [-0.4, -0.2) is 36.1 Å². The highest BCUT2D eigenvalue weighted by atomic mass is 32.2. The van der Waals surface area contributed by atoms with Gasteiger partial charge in [-0.1, -0.05) is 57.7 Å². The summed E-state index contributed by atoms with van der Waals surface area (Å²) in [6, 6.07) is 15.1. The smallest absolute Gasteiger partial charge is 0.133 e. The summed E-state index contributed by atoms with van der Waals surface area (Å²) in [7, 11) is 0. The van der Waals surface area contributed by atoms with Gasteiger partial charge in [-0.05, 0) is 54.2 Å². The number of para-hydroxylation sites is 1. The van der Waals surface area contributed by atoms with Crippen LogP contribution in [0.2, 0.25) is 0 Å². The van der Waals surface area contributed by atoms with Gasteiger partial charge in [0.25, 0.3) is 0 Å². The molecule has 1 aliphatic heterocycles. The number of hydrogen-bond acceptors (Lipinski definition) is 3. The van der Waals surface area contributed by atoms with Crippen molar-refractivity contribution < 1.29 is 4.74 Å². The lowest BCUT2D eigenvalue weighted by atomic mass is 9.98. The third-order valence-corrected chi connectivity index (χ3v) is 6.61. The first kappa shape index (κ1) is 22.0. The predicted molar refractivity (Wildman–Crippen MR) is 133 cm³/mol. The number of nitrogens with zero attached hydrogens (tertiary/aromatic N) is 1. The van der Waals surface area contributed by atoms with Crippen LogP contribution in [0.15, 0.2) is 64.5 Å². The molecule has 1 aromatic heterocycles. The molecule has 4 heteroatoms. The first-order valence-corrected chi connectivity index (χ1v) is 12.2. The van der Waals surface area contributed by atoms with E-state index in [0.717, 1.165) is 37.8 Å². The molecule has 0 unspecified atom stereocenters. The van der Waals surface area contributed by atoms with Crippen molar-refractivity contribution in [1.29, 1.82) is 0 Å². The van der Waals surface area contributed by atoms with Gasteiger partial charge in [0.2, 0.25) is 0 Å². The van der Waals surface area contributed by atoms with E-state index in [0.29, 0.717) is 5.92 Å². The summed E-state index contributed by atoms with van der Waals surface area (Å²) in [6.07, 6.45) is 5.72. The van der Waals surface area contributed by atoms with E-state index in [2.05, 4.69) is 86.2 Å². The standard InChI is InChI=1S/C27H34N2OS/c1-19(2)17-29-13-11-21(12-14-29)24-16-28-25-10-9-22(15-23(24)25)31-27-8-6-5-7-26(27)30-18-20(3)4/h5-11,15-16,19-20,28H,12-14,17-18H2,1-4H3. The first-order valence-electron chi connectivity index (χ1n) is 11.4. The van der Waals surface area contributed by atoms with E-state index in [1.54, 1.807) is 11.8 Å². The Labute approximate surface area is 190 Å². The van der Waals surface area contributed by atoms with Crippen LogP contribution >= 0.6 is 11.8 Å². The van der Waals surface area contributed by atoms with Gasteiger partial charge in [-0.15, -0.1) is 0 Å². The van der Waals surface area contributed by atoms with E-state index >= 15 is 0 Å². The van der Waals surface area contributed by atoms with Gasteiger partial charge >= 0.3 is 0 Å². The minimum atomic E-state index is 0.511. The molecule has 1 N–H and O–H groups in total. The summed E-state index contributed by atoms with van der Waals surface area (Å²) in [5.41, 5.74) is 4.02. The zero-order chi connectivity index (χ0) is 21.8. The molecule has 2 aromatic carbocycles. The van der Waals surface area contributed by atoms with Crippen LogP contribution in [0.25, 0.3) is 16.5 Å². The van der Waals surface area contributed by atoms with Crippen molar-refractivity contribution in [3.8, 4) is 5.75 Å². The monoisotopic (exact) mass is 434 g/mol. The highest BCUT2D eigenvalue weighted by molar-refractivity contribution is 7.99. The van der Waals surface area contributed by atoms with Crippen molar-refractivity contribution in [3.05, 3.63) is 60.3 Å². The van der Waals surface area contributed by atoms with Crippen LogP contribution in [0.1, 0.15) is 39.7 Å². The van der Waals surface area contributed by atoms with Crippen molar-refractivity contribution in [2.45, 2.75) is 43.9 Å². The number of aromatic nitrogens is 1. The van der Waals surface area contributed by atoms with E-state index in [1.165, 1.54) is 38.4 Å². The fourth-order valence-corrected chi connectivity index (χ4v) is 5.05. The lowest BCUT2D eigenvalue weighted by Gasteiger charge is -2.27. The molecule has 3 nitrogen and oxygen atoms in total. The molecule has 0 saturated heterocycles. The van der Waals surface area contributed by atoms with E-state index < -0.39 is 0 Å². The molecular weight excluding hydrogens is 400 g/mol. The summed E-state index contributed by atoms with van der Waals surface area (Å²) < 4.78 is 6.06. The summed E-state index contributed by atoms with van der Waals surface area (Å²) in [5, 5.41) is 1.31. The number of fused-ring (bicyclic) bond motifs is 1. The maximum atomic E-state index is 6.06.